The summed E-state index contributed by atoms with van der Waals surface area (Å²) in [5.41, 5.74) is 4.21. The molecule has 0 spiro atoms. The molecule has 1 nitrogen and oxygen atoms in total. The van der Waals surface area contributed by atoms with Crippen LogP contribution in [-0.4, -0.2) is 11.2 Å². The third kappa shape index (κ3) is 3.66. The van der Waals surface area contributed by atoms with Crippen LogP contribution in [0.2, 0.25) is 0 Å². The number of rotatable bonds is 5. The molecular formula is C29H48O. The minimum absolute atomic E-state index is 0.0839. The van der Waals surface area contributed by atoms with Gasteiger partial charge in [-0.2, -0.15) is 0 Å². The first-order valence-electron chi connectivity index (χ1n) is 13.2. The average Bonchev–Trinajstić information content (AvgIpc) is 3.06. The van der Waals surface area contributed by atoms with Gasteiger partial charge in [0.05, 0.1) is 6.10 Å². The van der Waals surface area contributed by atoms with Crippen LogP contribution < -0.4 is 0 Å². The molecule has 30 heavy (non-hydrogen) atoms. The van der Waals surface area contributed by atoms with Gasteiger partial charge in [-0.05, 0) is 117 Å². The van der Waals surface area contributed by atoms with Crippen LogP contribution in [0.3, 0.4) is 0 Å². The highest BCUT2D eigenvalue weighted by molar-refractivity contribution is 5.25. The van der Waals surface area contributed by atoms with Gasteiger partial charge in [-0.3, -0.25) is 0 Å². The predicted octanol–water partition coefficient (Wildman–Crippen LogP) is 7.94. The van der Waals surface area contributed by atoms with Gasteiger partial charge in [0.15, 0.2) is 0 Å². The van der Waals surface area contributed by atoms with E-state index in [1.54, 1.807) is 11.1 Å². The van der Waals surface area contributed by atoms with Crippen molar-refractivity contribution in [2.24, 2.45) is 46.3 Å². The van der Waals surface area contributed by atoms with E-state index in [4.69, 9.17) is 0 Å². The van der Waals surface area contributed by atoms with Gasteiger partial charge in [0.25, 0.3) is 0 Å². The van der Waals surface area contributed by atoms with Crippen LogP contribution in [0.15, 0.2) is 23.3 Å². The minimum atomic E-state index is -0.0839. The highest BCUT2D eigenvalue weighted by Crippen LogP contribution is 2.67. The number of fused-ring (bicyclic) bond motifs is 5. The lowest BCUT2D eigenvalue weighted by atomic mass is 9.47. The second kappa shape index (κ2) is 8.42. The van der Waals surface area contributed by atoms with E-state index in [-0.39, 0.29) is 6.10 Å². The average molecular weight is 413 g/mol. The summed E-state index contributed by atoms with van der Waals surface area (Å²) in [5.74, 6) is 5.15. The molecule has 0 radical (unpaired) electrons. The largest absolute Gasteiger partial charge is 0.393 e. The topological polar surface area (TPSA) is 20.2 Å². The Morgan fingerprint density at radius 1 is 1.10 bits per heavy atom. The van der Waals surface area contributed by atoms with Crippen molar-refractivity contribution >= 4 is 0 Å². The van der Waals surface area contributed by atoms with Gasteiger partial charge in [0.2, 0.25) is 0 Å². The monoisotopic (exact) mass is 412 g/mol. The van der Waals surface area contributed by atoms with Gasteiger partial charge < -0.3 is 5.11 Å². The first-order chi connectivity index (χ1) is 14.2. The van der Waals surface area contributed by atoms with E-state index in [9.17, 15) is 5.11 Å². The fourth-order valence-electron chi connectivity index (χ4n) is 8.98. The van der Waals surface area contributed by atoms with Crippen LogP contribution in [0.1, 0.15) is 106 Å². The third-order valence-corrected chi connectivity index (χ3v) is 10.8. The van der Waals surface area contributed by atoms with Gasteiger partial charge in [0.1, 0.15) is 0 Å². The normalized spacial score (nSPS) is 44.9. The fourth-order valence-corrected chi connectivity index (χ4v) is 8.98. The molecule has 2 unspecified atom stereocenters. The standard InChI is InChI=1S/C29H48O/c1-7-21(19(2)3)9-8-20(4)25-12-13-26-24-11-10-22-18-23(30)14-16-28(22,5)27(24)15-17-29(25,26)6/h7,10,19-20,23-27,30H,8-9,11-18H2,1-6H3/b21-7+/t20?,23?,24-,25+,26-,27-,28-,29+/m0/s1. The molecule has 0 aromatic heterocycles. The van der Waals surface area contributed by atoms with Gasteiger partial charge in [-0.1, -0.05) is 57.9 Å². The fraction of sp³-hybridized carbons (Fsp3) is 0.862. The Balaban J connectivity index is 1.49. The van der Waals surface area contributed by atoms with Crippen molar-refractivity contribution in [3.05, 3.63) is 23.3 Å². The van der Waals surface area contributed by atoms with Gasteiger partial charge in [0, 0.05) is 0 Å². The molecule has 0 saturated heterocycles. The summed E-state index contributed by atoms with van der Waals surface area (Å²) in [6.07, 6.45) is 17.8. The van der Waals surface area contributed by atoms with Crippen LogP contribution >= 0.6 is 0 Å². The molecular weight excluding hydrogens is 364 g/mol. The molecule has 4 rings (SSSR count). The van der Waals surface area contributed by atoms with E-state index in [0.717, 1.165) is 42.4 Å². The van der Waals surface area contributed by atoms with E-state index in [1.807, 2.05) is 0 Å². The lowest BCUT2D eigenvalue weighted by molar-refractivity contribution is -0.0571. The summed E-state index contributed by atoms with van der Waals surface area (Å²) in [4.78, 5) is 0. The van der Waals surface area contributed by atoms with Gasteiger partial charge >= 0.3 is 0 Å². The van der Waals surface area contributed by atoms with Crippen LogP contribution in [0.5, 0.6) is 0 Å². The Morgan fingerprint density at radius 3 is 2.57 bits per heavy atom. The number of aliphatic hydroxyl groups excluding tert-OH is 1. The van der Waals surface area contributed by atoms with Gasteiger partial charge in [-0.15, -0.1) is 0 Å². The molecule has 3 saturated carbocycles. The Bertz CT molecular complexity index is 686. The molecule has 0 aliphatic heterocycles. The zero-order chi connectivity index (χ0) is 21.7. The maximum absolute atomic E-state index is 10.2. The van der Waals surface area contributed by atoms with E-state index in [0.29, 0.717) is 16.7 Å². The molecule has 0 aromatic rings. The van der Waals surface area contributed by atoms with Crippen molar-refractivity contribution in [2.45, 2.75) is 112 Å². The number of hydrogen-bond acceptors (Lipinski definition) is 1. The quantitative estimate of drug-likeness (QED) is 0.454. The SMILES string of the molecule is C/C=C(\CCC(C)[C@H]1CC[C@H]2[C@@H]3CC=C4CC(O)CC[C@]4(C)[C@H]3CC[C@]12C)C(C)C. The van der Waals surface area contributed by atoms with Crippen LogP contribution in [0, 0.1) is 46.3 Å². The predicted molar refractivity (Wildman–Crippen MR) is 128 cm³/mol. The van der Waals surface area contributed by atoms with Crippen molar-refractivity contribution < 1.29 is 5.11 Å². The lowest BCUT2D eigenvalue weighted by Crippen LogP contribution is -2.50. The summed E-state index contributed by atoms with van der Waals surface area (Å²) in [7, 11) is 0. The van der Waals surface area contributed by atoms with Crippen molar-refractivity contribution in [3.8, 4) is 0 Å². The zero-order valence-electron chi connectivity index (χ0n) is 20.7. The lowest BCUT2D eigenvalue weighted by Gasteiger charge is -2.58. The second-order valence-electron chi connectivity index (χ2n) is 12.4. The van der Waals surface area contributed by atoms with Crippen LogP contribution in [0.4, 0.5) is 0 Å². The molecule has 1 N–H and O–H groups in total. The van der Waals surface area contributed by atoms with E-state index in [1.165, 1.54) is 51.4 Å². The molecule has 8 atom stereocenters. The summed E-state index contributed by atoms with van der Waals surface area (Å²) in [6, 6.07) is 0. The summed E-state index contributed by atoms with van der Waals surface area (Å²) < 4.78 is 0. The highest BCUT2D eigenvalue weighted by atomic mass is 16.3. The van der Waals surface area contributed by atoms with E-state index in [2.05, 4.69) is 53.7 Å². The maximum atomic E-state index is 10.2. The Labute approximate surface area is 186 Å². The second-order valence-corrected chi connectivity index (χ2v) is 12.4. The summed E-state index contributed by atoms with van der Waals surface area (Å²) in [6.45, 7) is 14.7. The van der Waals surface area contributed by atoms with Crippen LogP contribution in [0.25, 0.3) is 0 Å². The smallest absolute Gasteiger partial charge is 0.0577 e. The third-order valence-electron chi connectivity index (χ3n) is 10.8. The Hall–Kier alpha value is -0.560. The molecule has 0 heterocycles. The highest BCUT2D eigenvalue weighted by Gasteiger charge is 2.59. The van der Waals surface area contributed by atoms with Crippen molar-refractivity contribution in [2.75, 3.05) is 0 Å². The van der Waals surface area contributed by atoms with Gasteiger partial charge in [-0.25, -0.2) is 0 Å². The van der Waals surface area contributed by atoms with E-state index < -0.39 is 0 Å². The Kier molecular flexibility index (Phi) is 6.35. The summed E-state index contributed by atoms with van der Waals surface area (Å²) in [5, 5.41) is 10.2. The van der Waals surface area contributed by atoms with Crippen LogP contribution in [-0.2, 0) is 0 Å². The van der Waals surface area contributed by atoms with Crippen molar-refractivity contribution in [1.82, 2.24) is 0 Å². The Morgan fingerprint density at radius 2 is 1.87 bits per heavy atom. The summed E-state index contributed by atoms with van der Waals surface area (Å²) >= 11 is 0. The molecule has 4 aliphatic rings. The molecule has 1 heteroatoms. The maximum Gasteiger partial charge on any atom is 0.0577 e. The molecule has 0 aromatic carbocycles. The molecule has 0 amide bonds. The van der Waals surface area contributed by atoms with E-state index >= 15 is 0 Å². The molecule has 4 aliphatic carbocycles. The minimum Gasteiger partial charge on any atom is -0.393 e. The number of hydrogen-bond donors (Lipinski definition) is 1. The molecule has 3 fully saturated rings. The zero-order valence-corrected chi connectivity index (χ0v) is 20.7. The van der Waals surface area contributed by atoms with Crippen molar-refractivity contribution in [3.63, 3.8) is 0 Å². The number of aliphatic hydroxyl groups is 1. The molecule has 170 valence electrons. The first-order valence-corrected chi connectivity index (χ1v) is 13.2. The van der Waals surface area contributed by atoms with Crippen molar-refractivity contribution in [1.29, 1.82) is 0 Å². The number of allylic oxidation sites excluding steroid dienone is 3. The molecule has 0 bridgehead atoms. The first kappa shape index (κ1) is 22.6.